The zero-order chi connectivity index (χ0) is 17.1. The first-order valence-electron chi connectivity index (χ1n) is 8.93. The largest absolute Gasteiger partial charge is 0.393 e. The van der Waals surface area contributed by atoms with Crippen LogP contribution in [0.15, 0.2) is 24.3 Å². The van der Waals surface area contributed by atoms with Crippen LogP contribution in [0.1, 0.15) is 24.8 Å². The lowest BCUT2D eigenvalue weighted by molar-refractivity contribution is -0.140. The molecule has 24 heavy (non-hydrogen) atoms. The van der Waals surface area contributed by atoms with Gasteiger partial charge in [-0.1, -0.05) is 12.1 Å². The van der Waals surface area contributed by atoms with Gasteiger partial charge in [0.05, 0.1) is 6.10 Å². The summed E-state index contributed by atoms with van der Waals surface area (Å²) in [4.78, 5) is 17.0. The van der Waals surface area contributed by atoms with E-state index in [4.69, 9.17) is 0 Å². The number of hydrogen-bond donors (Lipinski definition) is 1. The second kappa shape index (κ2) is 7.62. The molecule has 0 spiro atoms. The van der Waals surface area contributed by atoms with Crippen LogP contribution in [0.4, 0.5) is 4.39 Å². The molecule has 4 nitrogen and oxygen atoms in total. The van der Waals surface area contributed by atoms with E-state index < -0.39 is 6.10 Å². The van der Waals surface area contributed by atoms with Crippen LogP contribution in [0.5, 0.6) is 0 Å². The Morgan fingerprint density at radius 2 is 1.83 bits per heavy atom. The molecule has 5 heteroatoms. The van der Waals surface area contributed by atoms with Gasteiger partial charge in [-0.3, -0.25) is 4.79 Å². The SMILES string of the molecule is CN1CCC(C(=O)N2CC[C@@H](O)[C@H](Cc3ccc(F)cc3)C2)CC1. The maximum absolute atomic E-state index is 13.0. The summed E-state index contributed by atoms with van der Waals surface area (Å²) in [6.07, 6.45) is 2.77. The average molecular weight is 334 g/mol. The van der Waals surface area contributed by atoms with E-state index in [1.807, 2.05) is 4.90 Å². The Balaban J connectivity index is 1.60. The zero-order valence-electron chi connectivity index (χ0n) is 14.3. The van der Waals surface area contributed by atoms with Crippen LogP contribution in [0.3, 0.4) is 0 Å². The highest BCUT2D eigenvalue weighted by atomic mass is 19.1. The lowest BCUT2D eigenvalue weighted by atomic mass is 9.87. The molecule has 2 aliphatic rings. The summed E-state index contributed by atoms with van der Waals surface area (Å²) in [5.41, 5.74) is 1.01. The molecule has 2 saturated heterocycles. The van der Waals surface area contributed by atoms with Crippen molar-refractivity contribution in [3.63, 3.8) is 0 Å². The van der Waals surface area contributed by atoms with E-state index in [0.29, 0.717) is 25.9 Å². The van der Waals surface area contributed by atoms with Gasteiger partial charge in [0.2, 0.25) is 5.91 Å². The molecule has 0 radical (unpaired) electrons. The van der Waals surface area contributed by atoms with Crippen molar-refractivity contribution in [2.45, 2.75) is 31.8 Å². The van der Waals surface area contributed by atoms with Crippen LogP contribution in [0.2, 0.25) is 0 Å². The van der Waals surface area contributed by atoms with Gasteiger partial charge in [-0.05, 0) is 63.5 Å². The van der Waals surface area contributed by atoms with Gasteiger partial charge in [0.25, 0.3) is 0 Å². The van der Waals surface area contributed by atoms with Crippen molar-refractivity contribution in [1.82, 2.24) is 9.80 Å². The number of hydrogen-bond acceptors (Lipinski definition) is 3. The normalized spacial score (nSPS) is 26.5. The van der Waals surface area contributed by atoms with Crippen molar-refractivity contribution in [2.75, 3.05) is 33.2 Å². The topological polar surface area (TPSA) is 43.8 Å². The Bertz CT molecular complexity index is 555. The van der Waals surface area contributed by atoms with Crippen molar-refractivity contribution in [1.29, 1.82) is 0 Å². The molecular formula is C19H27FN2O2. The summed E-state index contributed by atoms with van der Waals surface area (Å²) < 4.78 is 13.0. The van der Waals surface area contributed by atoms with Crippen molar-refractivity contribution in [3.05, 3.63) is 35.6 Å². The number of piperidine rings is 2. The highest BCUT2D eigenvalue weighted by Crippen LogP contribution is 2.25. The Morgan fingerprint density at radius 1 is 1.17 bits per heavy atom. The van der Waals surface area contributed by atoms with Gasteiger partial charge in [-0.25, -0.2) is 4.39 Å². The smallest absolute Gasteiger partial charge is 0.225 e. The monoisotopic (exact) mass is 334 g/mol. The van der Waals surface area contributed by atoms with E-state index in [1.54, 1.807) is 12.1 Å². The van der Waals surface area contributed by atoms with Gasteiger partial charge in [0, 0.05) is 24.9 Å². The minimum atomic E-state index is -0.392. The number of aliphatic hydroxyl groups is 1. The van der Waals surface area contributed by atoms with Crippen molar-refractivity contribution in [2.24, 2.45) is 11.8 Å². The number of nitrogens with zero attached hydrogens (tertiary/aromatic N) is 2. The van der Waals surface area contributed by atoms with Gasteiger partial charge in [-0.2, -0.15) is 0 Å². The number of amides is 1. The standard InChI is InChI=1S/C19H27FN2O2/c1-21-9-6-15(7-10-21)19(24)22-11-8-18(23)16(13-22)12-14-2-4-17(20)5-3-14/h2-5,15-16,18,23H,6-13H2,1H3/t16-,18-/m1/s1. The number of benzene rings is 1. The first kappa shape index (κ1) is 17.4. The Hall–Kier alpha value is -1.46. The molecule has 2 atom stereocenters. The molecule has 0 aromatic heterocycles. The molecule has 1 N–H and O–H groups in total. The lowest BCUT2D eigenvalue weighted by Gasteiger charge is -2.39. The molecule has 132 valence electrons. The fourth-order valence-corrected chi connectivity index (χ4v) is 3.86. The molecule has 2 aliphatic heterocycles. The molecule has 0 saturated carbocycles. The van der Waals surface area contributed by atoms with E-state index in [1.165, 1.54) is 12.1 Å². The van der Waals surface area contributed by atoms with E-state index >= 15 is 0 Å². The van der Waals surface area contributed by atoms with Gasteiger partial charge in [0.15, 0.2) is 0 Å². The number of carbonyl (C=O) groups excluding carboxylic acids is 1. The molecule has 0 unspecified atom stereocenters. The molecule has 2 heterocycles. The van der Waals surface area contributed by atoms with Crippen LogP contribution in [-0.2, 0) is 11.2 Å². The molecule has 2 fully saturated rings. The van der Waals surface area contributed by atoms with Gasteiger partial charge < -0.3 is 14.9 Å². The Kier molecular flexibility index (Phi) is 5.51. The van der Waals surface area contributed by atoms with Crippen molar-refractivity contribution >= 4 is 5.91 Å². The van der Waals surface area contributed by atoms with Crippen LogP contribution in [0, 0.1) is 17.7 Å². The predicted molar refractivity (Wildman–Crippen MR) is 91.0 cm³/mol. The van der Waals surface area contributed by atoms with Gasteiger partial charge >= 0.3 is 0 Å². The Morgan fingerprint density at radius 3 is 2.50 bits per heavy atom. The van der Waals surface area contributed by atoms with Crippen LogP contribution in [-0.4, -0.2) is 60.1 Å². The quantitative estimate of drug-likeness (QED) is 0.918. The number of carbonyl (C=O) groups is 1. The van der Waals surface area contributed by atoms with Crippen LogP contribution in [0.25, 0.3) is 0 Å². The summed E-state index contributed by atoms with van der Waals surface area (Å²) >= 11 is 0. The third-order valence-corrected chi connectivity index (χ3v) is 5.48. The lowest BCUT2D eigenvalue weighted by Crippen LogP contribution is -2.50. The maximum Gasteiger partial charge on any atom is 0.225 e. The second-order valence-corrected chi connectivity index (χ2v) is 7.31. The van der Waals surface area contributed by atoms with Crippen molar-refractivity contribution in [3.8, 4) is 0 Å². The minimum Gasteiger partial charge on any atom is -0.393 e. The molecular weight excluding hydrogens is 307 g/mol. The average Bonchev–Trinajstić information content (AvgIpc) is 2.59. The molecule has 1 aromatic carbocycles. The number of halogens is 1. The molecule has 0 aliphatic carbocycles. The Labute approximate surface area is 143 Å². The number of aliphatic hydroxyl groups excluding tert-OH is 1. The highest BCUT2D eigenvalue weighted by molar-refractivity contribution is 5.79. The van der Waals surface area contributed by atoms with E-state index in [9.17, 15) is 14.3 Å². The molecule has 1 aromatic rings. The summed E-state index contributed by atoms with van der Waals surface area (Å²) in [5.74, 6) is 0.156. The minimum absolute atomic E-state index is 0.0272. The van der Waals surface area contributed by atoms with E-state index in [2.05, 4.69) is 11.9 Å². The summed E-state index contributed by atoms with van der Waals surface area (Å²) in [6, 6.07) is 6.43. The van der Waals surface area contributed by atoms with Gasteiger partial charge in [0.1, 0.15) is 5.82 Å². The first-order chi connectivity index (χ1) is 11.5. The van der Waals surface area contributed by atoms with E-state index in [0.717, 1.165) is 31.5 Å². The molecule has 3 rings (SSSR count). The van der Waals surface area contributed by atoms with Crippen molar-refractivity contribution < 1.29 is 14.3 Å². The fourth-order valence-electron chi connectivity index (χ4n) is 3.86. The zero-order valence-corrected chi connectivity index (χ0v) is 14.3. The summed E-state index contributed by atoms with van der Waals surface area (Å²) in [5, 5.41) is 10.3. The van der Waals surface area contributed by atoms with Crippen LogP contribution < -0.4 is 0 Å². The third kappa shape index (κ3) is 4.14. The first-order valence-corrected chi connectivity index (χ1v) is 8.93. The van der Waals surface area contributed by atoms with Gasteiger partial charge in [-0.15, -0.1) is 0 Å². The van der Waals surface area contributed by atoms with E-state index in [-0.39, 0.29) is 23.6 Å². The fraction of sp³-hybridized carbons (Fsp3) is 0.632. The predicted octanol–water partition coefficient (Wildman–Crippen LogP) is 1.92. The molecule has 1 amide bonds. The third-order valence-electron chi connectivity index (χ3n) is 5.48. The highest BCUT2D eigenvalue weighted by Gasteiger charge is 2.34. The molecule has 0 bridgehead atoms. The van der Waals surface area contributed by atoms with Crippen LogP contribution >= 0.6 is 0 Å². The maximum atomic E-state index is 13.0. The number of likely N-dealkylation sites (tertiary alicyclic amines) is 2. The number of rotatable bonds is 3. The summed E-state index contributed by atoms with van der Waals surface area (Å²) in [7, 11) is 2.09. The summed E-state index contributed by atoms with van der Waals surface area (Å²) in [6.45, 7) is 3.20. The second-order valence-electron chi connectivity index (χ2n) is 7.31.